The molecule has 2 N–H and O–H groups in total. The molecule has 56 valence electrons. The van der Waals surface area contributed by atoms with Gasteiger partial charge in [0.05, 0.1) is 6.54 Å². The second-order valence-corrected chi connectivity index (χ2v) is 3.10. The molecule has 0 aromatic carbocycles. The number of urea groups is 1. The van der Waals surface area contributed by atoms with Crippen LogP contribution in [0.2, 0.25) is 0 Å². The molecule has 1 rings (SSSR count). The molecular weight excluding hydrogens is 207 g/mol. The molecule has 1 aliphatic rings. The predicted octanol–water partition coefficient (Wildman–Crippen LogP) is -0.114. The largest absolute Gasteiger partial charge is 0.333 e. The molecule has 0 radical (unpaired) electrons. The average molecular weight is 211 g/mol. The quantitative estimate of drug-likeness (QED) is 0.549. The lowest BCUT2D eigenvalue weighted by Gasteiger charge is -2.22. The van der Waals surface area contributed by atoms with E-state index in [0.29, 0.717) is 0 Å². The van der Waals surface area contributed by atoms with Gasteiger partial charge in [-0.05, 0) is 15.9 Å². The van der Waals surface area contributed by atoms with E-state index in [0.717, 1.165) is 0 Å². The van der Waals surface area contributed by atoms with Crippen LogP contribution in [0.5, 0.6) is 0 Å². The van der Waals surface area contributed by atoms with Crippen molar-refractivity contribution in [2.45, 2.75) is 4.58 Å². The number of nitrogens with one attached hydrogen (secondary N) is 2. The summed E-state index contributed by atoms with van der Waals surface area (Å²) in [5.41, 5.74) is 0. The SMILES string of the molecule is O=C1NCC(F)(Br)C(=O)N1. The summed E-state index contributed by atoms with van der Waals surface area (Å²) in [4.78, 5) is 20.9. The van der Waals surface area contributed by atoms with Crippen LogP contribution >= 0.6 is 15.9 Å². The second-order valence-electron chi connectivity index (χ2n) is 1.84. The van der Waals surface area contributed by atoms with Gasteiger partial charge in [0.2, 0.25) is 0 Å². The summed E-state index contributed by atoms with van der Waals surface area (Å²) >= 11 is 2.49. The lowest BCUT2D eigenvalue weighted by atomic mass is 10.3. The van der Waals surface area contributed by atoms with Crippen molar-refractivity contribution in [3.8, 4) is 0 Å². The van der Waals surface area contributed by atoms with Crippen LogP contribution < -0.4 is 10.6 Å². The highest BCUT2D eigenvalue weighted by Gasteiger charge is 2.40. The van der Waals surface area contributed by atoms with E-state index in [9.17, 15) is 14.0 Å². The first-order chi connectivity index (χ1) is 4.52. The molecule has 0 aromatic rings. The van der Waals surface area contributed by atoms with Crippen molar-refractivity contribution in [1.29, 1.82) is 0 Å². The van der Waals surface area contributed by atoms with E-state index in [1.54, 1.807) is 5.32 Å². The van der Waals surface area contributed by atoms with Gasteiger partial charge in [-0.3, -0.25) is 10.1 Å². The minimum absolute atomic E-state index is 0.336. The Morgan fingerprint density at radius 3 is 2.60 bits per heavy atom. The van der Waals surface area contributed by atoms with Crippen LogP contribution in [0.3, 0.4) is 0 Å². The van der Waals surface area contributed by atoms with Gasteiger partial charge in [-0.25, -0.2) is 9.18 Å². The molecule has 0 saturated carbocycles. The molecule has 1 aliphatic heterocycles. The number of carbonyl (C=O) groups excluding carboxylic acids is 2. The van der Waals surface area contributed by atoms with Gasteiger partial charge in [-0.1, -0.05) is 0 Å². The lowest BCUT2D eigenvalue weighted by Crippen LogP contribution is -2.58. The molecule has 1 unspecified atom stereocenters. The summed E-state index contributed by atoms with van der Waals surface area (Å²) in [6, 6.07) is -0.669. The van der Waals surface area contributed by atoms with Crippen LogP contribution in [0.4, 0.5) is 9.18 Å². The van der Waals surface area contributed by atoms with Crippen molar-refractivity contribution in [2.75, 3.05) is 6.54 Å². The van der Waals surface area contributed by atoms with Crippen LogP contribution in [0, 0.1) is 0 Å². The number of alkyl halides is 2. The highest BCUT2D eigenvalue weighted by molar-refractivity contribution is 9.10. The number of rotatable bonds is 0. The summed E-state index contributed by atoms with van der Waals surface area (Å²) in [7, 11) is 0. The average Bonchev–Trinajstić information content (AvgIpc) is 1.81. The molecule has 1 saturated heterocycles. The van der Waals surface area contributed by atoms with Gasteiger partial charge < -0.3 is 5.32 Å². The standard InChI is InChI=1S/C4H4BrFN2O2/c5-4(6)1-7-3(10)8-2(4)9/h1H2,(H2,7,8,9,10). The molecule has 1 heterocycles. The zero-order valence-corrected chi connectivity index (χ0v) is 6.37. The molecule has 1 atom stereocenters. The fraction of sp³-hybridized carbons (Fsp3) is 0.500. The third kappa shape index (κ3) is 1.26. The molecule has 0 spiro atoms. The van der Waals surface area contributed by atoms with Gasteiger partial charge in [0.15, 0.2) is 0 Å². The summed E-state index contributed by atoms with van der Waals surface area (Å²) in [6.07, 6.45) is 0. The fourth-order valence-electron chi connectivity index (χ4n) is 0.510. The van der Waals surface area contributed by atoms with Crippen LogP contribution in [0.25, 0.3) is 0 Å². The second kappa shape index (κ2) is 2.19. The third-order valence-corrected chi connectivity index (χ3v) is 1.67. The van der Waals surface area contributed by atoms with E-state index >= 15 is 0 Å². The number of hydrogen-bond acceptors (Lipinski definition) is 2. The van der Waals surface area contributed by atoms with Crippen molar-refractivity contribution in [3.63, 3.8) is 0 Å². The maximum Gasteiger partial charge on any atom is 0.321 e. The Bertz CT molecular complexity index is 194. The first-order valence-corrected chi connectivity index (χ1v) is 3.29. The minimum atomic E-state index is -2.15. The monoisotopic (exact) mass is 210 g/mol. The number of hydrogen-bond donors (Lipinski definition) is 2. The Labute approximate surface area is 64.3 Å². The van der Waals surface area contributed by atoms with E-state index in [2.05, 4.69) is 21.2 Å². The Balaban J connectivity index is 2.70. The van der Waals surface area contributed by atoms with Gasteiger partial charge in [0.1, 0.15) is 0 Å². The maximum absolute atomic E-state index is 12.7. The smallest absolute Gasteiger partial charge is 0.321 e. The van der Waals surface area contributed by atoms with Gasteiger partial charge in [-0.15, -0.1) is 0 Å². The maximum atomic E-state index is 12.7. The van der Waals surface area contributed by atoms with Crippen molar-refractivity contribution >= 4 is 27.9 Å². The van der Waals surface area contributed by atoms with E-state index in [1.165, 1.54) is 0 Å². The minimum Gasteiger partial charge on any atom is -0.333 e. The van der Waals surface area contributed by atoms with Crippen molar-refractivity contribution < 1.29 is 14.0 Å². The number of carbonyl (C=O) groups is 2. The Morgan fingerprint density at radius 2 is 2.20 bits per heavy atom. The number of imide groups is 1. The molecule has 6 heteroatoms. The highest BCUT2D eigenvalue weighted by Crippen LogP contribution is 2.20. The topological polar surface area (TPSA) is 58.2 Å². The predicted molar refractivity (Wildman–Crippen MR) is 34.3 cm³/mol. The fourth-order valence-corrected chi connectivity index (χ4v) is 0.750. The summed E-state index contributed by atoms with van der Waals surface area (Å²) in [6.45, 7) is -0.336. The number of amides is 3. The van der Waals surface area contributed by atoms with E-state index < -0.39 is 16.5 Å². The molecule has 3 amide bonds. The molecule has 1 fully saturated rings. The first-order valence-electron chi connectivity index (χ1n) is 2.49. The Morgan fingerprint density at radius 1 is 1.60 bits per heavy atom. The zero-order chi connectivity index (χ0) is 7.78. The highest BCUT2D eigenvalue weighted by atomic mass is 79.9. The van der Waals surface area contributed by atoms with Gasteiger partial charge >= 0.3 is 6.03 Å². The normalized spacial score (nSPS) is 33.0. The molecule has 0 aliphatic carbocycles. The molecule has 4 nitrogen and oxygen atoms in total. The molecule has 0 bridgehead atoms. The molecular formula is C4H4BrFN2O2. The van der Waals surface area contributed by atoms with Crippen LogP contribution in [0.15, 0.2) is 0 Å². The van der Waals surface area contributed by atoms with E-state index in [4.69, 9.17) is 0 Å². The molecule has 10 heavy (non-hydrogen) atoms. The lowest BCUT2D eigenvalue weighted by molar-refractivity contribution is -0.126. The van der Waals surface area contributed by atoms with E-state index in [-0.39, 0.29) is 6.54 Å². The zero-order valence-electron chi connectivity index (χ0n) is 4.78. The van der Waals surface area contributed by atoms with Gasteiger partial charge in [0.25, 0.3) is 10.5 Å². The van der Waals surface area contributed by atoms with Crippen LogP contribution in [0.1, 0.15) is 0 Å². The van der Waals surface area contributed by atoms with Crippen LogP contribution in [-0.2, 0) is 4.79 Å². The Kier molecular flexibility index (Phi) is 1.63. The number of halogens is 2. The first kappa shape index (κ1) is 7.46. The molecule has 0 aromatic heterocycles. The van der Waals surface area contributed by atoms with Crippen molar-refractivity contribution in [1.82, 2.24) is 10.6 Å². The summed E-state index contributed by atoms with van der Waals surface area (Å²) < 4.78 is 10.6. The van der Waals surface area contributed by atoms with Crippen LogP contribution in [-0.4, -0.2) is 23.1 Å². The third-order valence-electron chi connectivity index (χ3n) is 1.03. The van der Waals surface area contributed by atoms with Crippen molar-refractivity contribution in [3.05, 3.63) is 0 Å². The van der Waals surface area contributed by atoms with Gasteiger partial charge in [0, 0.05) is 0 Å². The Hall–Kier alpha value is -0.650. The van der Waals surface area contributed by atoms with Gasteiger partial charge in [-0.2, -0.15) is 0 Å². The summed E-state index contributed by atoms with van der Waals surface area (Å²) in [5.74, 6) is -0.962. The summed E-state index contributed by atoms with van der Waals surface area (Å²) in [5, 5.41) is 3.87. The van der Waals surface area contributed by atoms with Crippen molar-refractivity contribution in [2.24, 2.45) is 0 Å². The van der Waals surface area contributed by atoms with E-state index in [1.807, 2.05) is 0 Å².